The maximum absolute atomic E-state index is 12.0. The second kappa shape index (κ2) is 7.31. The molecule has 21 heavy (non-hydrogen) atoms. The van der Waals surface area contributed by atoms with Crippen molar-refractivity contribution in [1.82, 2.24) is 15.5 Å². The molecule has 2 rings (SSSR count). The largest absolute Gasteiger partial charge is 0.352 e. The van der Waals surface area contributed by atoms with Crippen LogP contribution in [0.4, 0.5) is 4.79 Å². The Morgan fingerprint density at radius 3 is 2.95 bits per heavy atom. The van der Waals surface area contributed by atoms with Crippen LogP contribution in [0.2, 0.25) is 5.02 Å². The van der Waals surface area contributed by atoms with E-state index >= 15 is 0 Å². The molecule has 0 spiro atoms. The summed E-state index contributed by atoms with van der Waals surface area (Å²) < 4.78 is 0. The van der Waals surface area contributed by atoms with E-state index in [1.54, 1.807) is 4.90 Å². The first kappa shape index (κ1) is 15.6. The molecule has 1 fully saturated rings. The second-order valence-electron chi connectivity index (χ2n) is 5.24. The van der Waals surface area contributed by atoms with Gasteiger partial charge in [-0.05, 0) is 30.5 Å². The van der Waals surface area contributed by atoms with Gasteiger partial charge in [-0.15, -0.1) is 0 Å². The van der Waals surface area contributed by atoms with Crippen molar-refractivity contribution in [1.29, 1.82) is 0 Å². The molecule has 1 aromatic carbocycles. The average molecular weight is 310 g/mol. The summed E-state index contributed by atoms with van der Waals surface area (Å²) in [6, 6.07) is 7.61. The Morgan fingerprint density at radius 2 is 2.24 bits per heavy atom. The normalized spacial score (nSPS) is 17.6. The number of carbonyl (C=O) groups is 2. The summed E-state index contributed by atoms with van der Waals surface area (Å²) in [5, 5.41) is 6.44. The number of amides is 3. The molecule has 5 nitrogen and oxygen atoms in total. The van der Waals surface area contributed by atoms with Crippen LogP contribution >= 0.6 is 11.6 Å². The lowest BCUT2D eigenvalue weighted by Crippen LogP contribution is -2.42. The maximum Gasteiger partial charge on any atom is 0.317 e. The van der Waals surface area contributed by atoms with Crippen LogP contribution < -0.4 is 10.6 Å². The molecular formula is C15H20ClN3O2. The minimum absolute atomic E-state index is 0.0526. The molecule has 1 heterocycles. The molecule has 1 atom stereocenters. The molecule has 2 N–H and O–H groups in total. The van der Waals surface area contributed by atoms with E-state index in [9.17, 15) is 9.59 Å². The number of hydrogen-bond acceptors (Lipinski definition) is 2. The van der Waals surface area contributed by atoms with E-state index in [0.29, 0.717) is 24.7 Å². The summed E-state index contributed by atoms with van der Waals surface area (Å²) in [6.45, 7) is 3.31. The quantitative estimate of drug-likeness (QED) is 0.891. The third-order valence-electron chi connectivity index (χ3n) is 3.46. The third kappa shape index (κ3) is 4.93. The molecule has 0 aromatic heterocycles. The van der Waals surface area contributed by atoms with E-state index in [1.807, 2.05) is 24.3 Å². The molecule has 1 aromatic rings. The van der Waals surface area contributed by atoms with Gasteiger partial charge in [-0.3, -0.25) is 4.79 Å². The number of rotatable bonds is 4. The topological polar surface area (TPSA) is 61.4 Å². The van der Waals surface area contributed by atoms with Crippen LogP contribution in [0.5, 0.6) is 0 Å². The van der Waals surface area contributed by atoms with Crippen molar-refractivity contribution in [2.24, 2.45) is 0 Å². The molecule has 0 radical (unpaired) electrons. The molecule has 1 aliphatic heterocycles. The van der Waals surface area contributed by atoms with E-state index in [1.165, 1.54) is 6.92 Å². The van der Waals surface area contributed by atoms with E-state index in [2.05, 4.69) is 10.6 Å². The predicted molar refractivity (Wildman–Crippen MR) is 82.3 cm³/mol. The first-order valence-electron chi connectivity index (χ1n) is 7.09. The van der Waals surface area contributed by atoms with Crippen molar-refractivity contribution >= 4 is 23.5 Å². The van der Waals surface area contributed by atoms with E-state index in [-0.39, 0.29) is 18.0 Å². The highest BCUT2D eigenvalue weighted by atomic mass is 35.5. The number of halogens is 1. The average Bonchev–Trinajstić information content (AvgIpc) is 2.86. The van der Waals surface area contributed by atoms with Gasteiger partial charge in [0.1, 0.15) is 0 Å². The summed E-state index contributed by atoms with van der Waals surface area (Å²) in [7, 11) is 0. The number of carbonyl (C=O) groups excluding carboxylic acids is 2. The lowest BCUT2D eigenvalue weighted by atomic mass is 10.1. The van der Waals surface area contributed by atoms with Gasteiger partial charge in [-0.2, -0.15) is 0 Å². The van der Waals surface area contributed by atoms with Crippen molar-refractivity contribution < 1.29 is 9.59 Å². The van der Waals surface area contributed by atoms with Crippen LogP contribution in [-0.2, 0) is 11.2 Å². The van der Waals surface area contributed by atoms with Crippen LogP contribution in [-0.4, -0.2) is 42.5 Å². The van der Waals surface area contributed by atoms with E-state index in [0.717, 1.165) is 18.4 Å². The zero-order valence-electron chi connectivity index (χ0n) is 12.1. The molecule has 1 unspecified atom stereocenters. The van der Waals surface area contributed by atoms with Gasteiger partial charge in [0, 0.05) is 37.6 Å². The van der Waals surface area contributed by atoms with Gasteiger partial charge in [0.15, 0.2) is 0 Å². The SMILES string of the molecule is CC(=O)NC1CCN(C(=O)NCCc2cccc(Cl)c2)C1. The van der Waals surface area contributed by atoms with E-state index in [4.69, 9.17) is 11.6 Å². The fourth-order valence-corrected chi connectivity index (χ4v) is 2.68. The summed E-state index contributed by atoms with van der Waals surface area (Å²) in [5.41, 5.74) is 1.10. The number of benzene rings is 1. The fraction of sp³-hybridized carbons (Fsp3) is 0.467. The number of likely N-dealkylation sites (tertiary alicyclic amines) is 1. The monoisotopic (exact) mass is 309 g/mol. The van der Waals surface area contributed by atoms with Gasteiger partial charge >= 0.3 is 6.03 Å². The minimum atomic E-state index is -0.0788. The molecule has 6 heteroatoms. The van der Waals surface area contributed by atoms with Crippen molar-refractivity contribution in [2.75, 3.05) is 19.6 Å². The Balaban J connectivity index is 1.72. The van der Waals surface area contributed by atoms with Crippen LogP contribution in [0.1, 0.15) is 18.9 Å². The fourth-order valence-electron chi connectivity index (χ4n) is 2.47. The predicted octanol–water partition coefficient (Wildman–Crippen LogP) is 1.80. The Morgan fingerprint density at radius 1 is 1.43 bits per heavy atom. The molecule has 0 saturated carbocycles. The Hall–Kier alpha value is -1.75. The number of hydrogen-bond donors (Lipinski definition) is 2. The summed E-state index contributed by atoms with van der Waals surface area (Å²) >= 11 is 5.92. The highest BCUT2D eigenvalue weighted by Gasteiger charge is 2.26. The Bertz CT molecular complexity index is 521. The van der Waals surface area contributed by atoms with Gasteiger partial charge in [0.25, 0.3) is 0 Å². The van der Waals surface area contributed by atoms with Gasteiger partial charge in [-0.1, -0.05) is 23.7 Å². The van der Waals surface area contributed by atoms with E-state index < -0.39 is 0 Å². The highest BCUT2D eigenvalue weighted by molar-refractivity contribution is 6.30. The first-order valence-corrected chi connectivity index (χ1v) is 7.46. The van der Waals surface area contributed by atoms with Crippen LogP contribution in [0.3, 0.4) is 0 Å². The smallest absolute Gasteiger partial charge is 0.317 e. The number of nitrogens with one attached hydrogen (secondary N) is 2. The first-order chi connectivity index (χ1) is 10.0. The molecular weight excluding hydrogens is 290 g/mol. The van der Waals surface area contributed by atoms with Crippen LogP contribution in [0.15, 0.2) is 24.3 Å². The van der Waals surface area contributed by atoms with Crippen LogP contribution in [0.25, 0.3) is 0 Å². The number of nitrogens with zero attached hydrogens (tertiary/aromatic N) is 1. The van der Waals surface area contributed by atoms with Gasteiger partial charge < -0.3 is 15.5 Å². The molecule has 114 valence electrons. The maximum atomic E-state index is 12.0. The zero-order chi connectivity index (χ0) is 15.2. The third-order valence-corrected chi connectivity index (χ3v) is 3.70. The number of urea groups is 1. The lowest BCUT2D eigenvalue weighted by molar-refractivity contribution is -0.119. The summed E-state index contributed by atoms with van der Waals surface area (Å²) in [5.74, 6) is -0.0526. The van der Waals surface area contributed by atoms with Crippen molar-refractivity contribution in [2.45, 2.75) is 25.8 Å². The lowest BCUT2D eigenvalue weighted by Gasteiger charge is -2.17. The van der Waals surface area contributed by atoms with Gasteiger partial charge in [-0.25, -0.2) is 4.79 Å². The van der Waals surface area contributed by atoms with Gasteiger partial charge in [0.05, 0.1) is 0 Å². The summed E-state index contributed by atoms with van der Waals surface area (Å²) in [4.78, 5) is 24.7. The second-order valence-corrected chi connectivity index (χ2v) is 5.68. The summed E-state index contributed by atoms with van der Waals surface area (Å²) in [6.07, 6.45) is 1.55. The van der Waals surface area contributed by atoms with Gasteiger partial charge in [0.2, 0.25) is 5.91 Å². The molecule has 1 saturated heterocycles. The van der Waals surface area contributed by atoms with Crippen LogP contribution in [0, 0.1) is 0 Å². The van der Waals surface area contributed by atoms with Crippen molar-refractivity contribution in [3.05, 3.63) is 34.9 Å². The molecule has 0 aliphatic carbocycles. The standard InChI is InChI=1S/C15H20ClN3O2/c1-11(20)18-14-6-8-19(10-14)15(21)17-7-5-12-3-2-4-13(16)9-12/h2-4,9,14H,5-8,10H2,1H3,(H,17,21)(H,18,20). The Labute approximate surface area is 129 Å². The van der Waals surface area contributed by atoms with Crippen molar-refractivity contribution in [3.8, 4) is 0 Å². The molecule has 3 amide bonds. The minimum Gasteiger partial charge on any atom is -0.352 e. The zero-order valence-corrected chi connectivity index (χ0v) is 12.8. The Kier molecular flexibility index (Phi) is 5.44. The highest BCUT2D eigenvalue weighted by Crippen LogP contribution is 2.11. The van der Waals surface area contributed by atoms with Crippen molar-refractivity contribution in [3.63, 3.8) is 0 Å². The molecule has 0 bridgehead atoms. The molecule has 1 aliphatic rings.